The molecule has 76 valence electrons. The van der Waals surface area contributed by atoms with Crippen molar-refractivity contribution in [3.63, 3.8) is 0 Å². The van der Waals surface area contributed by atoms with E-state index in [2.05, 4.69) is 0 Å². The summed E-state index contributed by atoms with van der Waals surface area (Å²) in [6.45, 7) is 2.01. The number of carbonyl (C=O) groups excluding carboxylic acids is 1. The Kier molecular flexibility index (Phi) is 3.45. The number of hydrogen-bond donors (Lipinski definition) is 1. The van der Waals surface area contributed by atoms with Crippen molar-refractivity contribution < 1.29 is 19.4 Å². The van der Waals surface area contributed by atoms with E-state index in [1.807, 2.05) is 6.92 Å². The lowest BCUT2D eigenvalue weighted by molar-refractivity contribution is -0.131. The Labute approximate surface area is 81.9 Å². The summed E-state index contributed by atoms with van der Waals surface area (Å²) in [5, 5.41) is 8.41. The molecule has 4 heteroatoms. The Morgan fingerprint density at radius 3 is 2.93 bits per heavy atom. The Bertz CT molecular complexity index is 312. The number of carboxylic acid groups (broad SMARTS) is 1. The molecule has 0 spiro atoms. The molecule has 0 aromatic heterocycles. The molecular weight excluding hydrogens is 184 g/mol. The highest BCUT2D eigenvalue weighted by atomic mass is 16.5. The van der Waals surface area contributed by atoms with E-state index in [0.29, 0.717) is 17.8 Å². The van der Waals surface area contributed by atoms with Gasteiger partial charge in [-0.25, -0.2) is 4.79 Å². The van der Waals surface area contributed by atoms with Gasteiger partial charge in [-0.1, -0.05) is 6.92 Å². The van der Waals surface area contributed by atoms with Crippen molar-refractivity contribution >= 4 is 11.8 Å². The zero-order valence-electron chi connectivity index (χ0n) is 7.95. The zero-order chi connectivity index (χ0) is 10.6. The summed E-state index contributed by atoms with van der Waals surface area (Å²) in [6, 6.07) is 0. The molecule has 0 aliphatic carbocycles. The third kappa shape index (κ3) is 2.45. The van der Waals surface area contributed by atoms with Crippen LogP contribution in [0.4, 0.5) is 0 Å². The first-order valence-electron chi connectivity index (χ1n) is 4.45. The van der Waals surface area contributed by atoms with Crippen LogP contribution in [0, 0.1) is 0 Å². The first-order chi connectivity index (χ1) is 6.65. The first-order valence-corrected chi connectivity index (χ1v) is 4.45. The second kappa shape index (κ2) is 4.60. The lowest BCUT2D eigenvalue weighted by Gasteiger charge is -1.99. The van der Waals surface area contributed by atoms with Crippen molar-refractivity contribution in [2.75, 3.05) is 6.61 Å². The molecule has 0 bridgehead atoms. The number of allylic oxidation sites excluding steroid dienone is 2. The van der Waals surface area contributed by atoms with Crippen molar-refractivity contribution in [2.24, 2.45) is 0 Å². The largest absolute Gasteiger partial charge is 0.489 e. The van der Waals surface area contributed by atoms with E-state index >= 15 is 0 Å². The number of ketones is 1. The van der Waals surface area contributed by atoms with Crippen molar-refractivity contribution in [2.45, 2.75) is 19.8 Å². The molecule has 0 amide bonds. The number of carboxylic acids is 1. The van der Waals surface area contributed by atoms with Gasteiger partial charge in [0, 0.05) is 12.5 Å². The molecule has 0 aromatic carbocycles. The Morgan fingerprint density at radius 2 is 2.36 bits per heavy atom. The molecular formula is C10H12O4. The molecule has 1 aliphatic rings. The van der Waals surface area contributed by atoms with Gasteiger partial charge in [-0.05, 0) is 12.5 Å². The van der Waals surface area contributed by atoms with E-state index < -0.39 is 5.97 Å². The number of Topliss-reactive ketones (excluding diaryl/α,β-unsaturated/α-hetero) is 1. The van der Waals surface area contributed by atoms with Gasteiger partial charge in [0.1, 0.15) is 5.76 Å². The molecule has 14 heavy (non-hydrogen) atoms. The van der Waals surface area contributed by atoms with Gasteiger partial charge in [-0.2, -0.15) is 0 Å². The van der Waals surface area contributed by atoms with Crippen molar-refractivity contribution in [1.29, 1.82) is 0 Å². The first kappa shape index (κ1) is 10.5. The van der Waals surface area contributed by atoms with Gasteiger partial charge in [-0.3, -0.25) is 4.79 Å². The summed E-state index contributed by atoms with van der Waals surface area (Å²) in [4.78, 5) is 21.5. The molecule has 1 N–H and O–H groups in total. The van der Waals surface area contributed by atoms with Gasteiger partial charge in [0.25, 0.3) is 0 Å². The molecule has 4 nitrogen and oxygen atoms in total. The fourth-order valence-electron chi connectivity index (χ4n) is 1.24. The van der Waals surface area contributed by atoms with Crippen LogP contribution in [0.15, 0.2) is 23.5 Å². The van der Waals surface area contributed by atoms with Crippen LogP contribution in [0.2, 0.25) is 0 Å². The normalized spacial score (nSPS) is 16.5. The minimum Gasteiger partial charge on any atom is -0.489 e. The van der Waals surface area contributed by atoms with Crippen LogP contribution in [0.3, 0.4) is 0 Å². The predicted molar refractivity (Wildman–Crippen MR) is 49.7 cm³/mol. The monoisotopic (exact) mass is 196 g/mol. The van der Waals surface area contributed by atoms with Gasteiger partial charge in [-0.15, -0.1) is 0 Å². The second-order valence-corrected chi connectivity index (χ2v) is 2.97. The van der Waals surface area contributed by atoms with Gasteiger partial charge in [0.2, 0.25) is 5.78 Å². The smallest absolute Gasteiger partial charge is 0.328 e. The van der Waals surface area contributed by atoms with Crippen LogP contribution in [-0.2, 0) is 14.3 Å². The van der Waals surface area contributed by atoms with E-state index in [0.717, 1.165) is 12.5 Å². The molecule has 0 radical (unpaired) electrons. The maximum atomic E-state index is 11.2. The van der Waals surface area contributed by atoms with Gasteiger partial charge >= 0.3 is 5.97 Å². The average molecular weight is 196 g/mol. The van der Waals surface area contributed by atoms with E-state index in [1.165, 1.54) is 6.08 Å². The van der Waals surface area contributed by atoms with Crippen LogP contribution >= 0.6 is 0 Å². The lowest BCUT2D eigenvalue weighted by atomic mass is 10.1. The third-order valence-corrected chi connectivity index (χ3v) is 1.85. The van der Waals surface area contributed by atoms with Crippen LogP contribution in [-0.4, -0.2) is 23.5 Å². The number of carbonyl (C=O) groups is 2. The third-order valence-electron chi connectivity index (χ3n) is 1.85. The summed E-state index contributed by atoms with van der Waals surface area (Å²) in [5.41, 5.74) is 0.397. The topological polar surface area (TPSA) is 63.6 Å². The summed E-state index contributed by atoms with van der Waals surface area (Å²) < 4.78 is 5.14. The van der Waals surface area contributed by atoms with Crippen LogP contribution in [0.5, 0.6) is 0 Å². The minimum atomic E-state index is -1.06. The molecule has 0 saturated heterocycles. The van der Waals surface area contributed by atoms with Crippen molar-refractivity contribution in [1.82, 2.24) is 0 Å². The van der Waals surface area contributed by atoms with E-state index in [-0.39, 0.29) is 12.4 Å². The zero-order valence-corrected chi connectivity index (χ0v) is 7.95. The van der Waals surface area contributed by atoms with Crippen molar-refractivity contribution in [3.8, 4) is 0 Å². The number of aliphatic carboxylic acids is 1. The van der Waals surface area contributed by atoms with E-state index in [9.17, 15) is 9.59 Å². The van der Waals surface area contributed by atoms with Crippen molar-refractivity contribution in [3.05, 3.63) is 23.5 Å². The SMILES string of the molecule is CCCC1=C(/C=C\C(=O)O)C(=O)CO1. The number of ether oxygens (including phenoxy) is 1. The molecule has 0 unspecified atom stereocenters. The molecule has 1 rings (SSSR count). The summed E-state index contributed by atoms with van der Waals surface area (Å²) >= 11 is 0. The molecule has 0 saturated carbocycles. The maximum absolute atomic E-state index is 11.2. The Balaban J connectivity index is 2.83. The minimum absolute atomic E-state index is 0.0363. The van der Waals surface area contributed by atoms with Crippen LogP contribution in [0.1, 0.15) is 19.8 Å². The highest BCUT2D eigenvalue weighted by molar-refractivity contribution is 6.02. The van der Waals surface area contributed by atoms with Crippen LogP contribution in [0.25, 0.3) is 0 Å². The standard InChI is InChI=1S/C10H12O4/c1-2-3-9-7(4-5-10(12)13)8(11)6-14-9/h4-5H,2-3,6H2,1H3,(H,12,13)/b5-4-. The molecule has 0 fully saturated rings. The van der Waals surface area contributed by atoms with Gasteiger partial charge in [0.15, 0.2) is 6.61 Å². The molecule has 0 aromatic rings. The second-order valence-electron chi connectivity index (χ2n) is 2.97. The summed E-state index contributed by atoms with van der Waals surface area (Å²) in [5.74, 6) is -0.603. The van der Waals surface area contributed by atoms with Gasteiger partial charge < -0.3 is 9.84 Å². The van der Waals surface area contributed by atoms with Gasteiger partial charge in [0.05, 0.1) is 5.57 Å². The predicted octanol–water partition coefficient (Wildman–Crippen LogP) is 1.28. The fraction of sp³-hybridized carbons (Fsp3) is 0.400. The summed E-state index contributed by atoms with van der Waals surface area (Å²) in [7, 11) is 0. The van der Waals surface area contributed by atoms with E-state index in [4.69, 9.17) is 9.84 Å². The fourth-order valence-corrected chi connectivity index (χ4v) is 1.24. The highest BCUT2D eigenvalue weighted by Crippen LogP contribution is 2.21. The quantitative estimate of drug-likeness (QED) is 0.688. The Hall–Kier alpha value is -1.58. The summed E-state index contributed by atoms with van der Waals surface area (Å²) in [6.07, 6.45) is 3.80. The lowest BCUT2D eigenvalue weighted by Crippen LogP contribution is -1.99. The molecule has 1 heterocycles. The van der Waals surface area contributed by atoms with E-state index in [1.54, 1.807) is 0 Å². The highest BCUT2D eigenvalue weighted by Gasteiger charge is 2.21. The molecule has 0 atom stereocenters. The molecule has 1 aliphatic heterocycles. The number of hydrogen-bond acceptors (Lipinski definition) is 3. The number of rotatable bonds is 4. The van der Waals surface area contributed by atoms with Crippen LogP contribution < -0.4 is 0 Å². The Morgan fingerprint density at radius 1 is 1.64 bits per heavy atom. The average Bonchev–Trinajstić information content (AvgIpc) is 2.45. The maximum Gasteiger partial charge on any atom is 0.328 e.